The van der Waals surface area contributed by atoms with Crippen molar-refractivity contribution in [2.45, 2.75) is 58.1 Å². The molecule has 0 heterocycles. The molecule has 1 rings (SSSR count). The highest BCUT2D eigenvalue weighted by molar-refractivity contribution is 4.78. The van der Waals surface area contributed by atoms with E-state index in [4.69, 9.17) is 4.74 Å². The summed E-state index contributed by atoms with van der Waals surface area (Å²) < 4.78 is 5.43. The van der Waals surface area contributed by atoms with Gasteiger partial charge >= 0.3 is 0 Å². The maximum atomic E-state index is 5.43. The first-order chi connectivity index (χ1) is 6.51. The average Bonchev–Trinajstić information content (AvgIpc) is 2.14. The van der Waals surface area contributed by atoms with Crippen LogP contribution in [0, 0.1) is 5.92 Å². The van der Waals surface area contributed by atoms with Crippen LogP contribution in [0.4, 0.5) is 0 Å². The van der Waals surface area contributed by atoms with E-state index < -0.39 is 0 Å². The van der Waals surface area contributed by atoms with Crippen LogP contribution in [0.5, 0.6) is 0 Å². The Labute approximate surface area is 88.4 Å². The van der Waals surface area contributed by atoms with Crippen molar-refractivity contribution in [2.75, 3.05) is 13.7 Å². The van der Waals surface area contributed by atoms with Crippen molar-refractivity contribution in [2.24, 2.45) is 5.92 Å². The van der Waals surface area contributed by atoms with Crippen LogP contribution >= 0.6 is 0 Å². The van der Waals surface area contributed by atoms with Gasteiger partial charge in [-0.25, -0.2) is 0 Å². The van der Waals surface area contributed by atoms with Gasteiger partial charge in [0, 0.05) is 12.6 Å². The van der Waals surface area contributed by atoms with E-state index >= 15 is 0 Å². The second kappa shape index (κ2) is 5.13. The molecule has 1 N–H and O–H groups in total. The maximum Gasteiger partial charge on any atom is 0.0574 e. The Hall–Kier alpha value is -0.0800. The molecule has 84 valence electrons. The van der Waals surface area contributed by atoms with E-state index in [1.54, 1.807) is 0 Å². The Morgan fingerprint density at radius 2 is 2.00 bits per heavy atom. The SMILES string of the molecule is COC1CCCC(CNC(C)(C)C)C1. The molecule has 14 heavy (non-hydrogen) atoms. The summed E-state index contributed by atoms with van der Waals surface area (Å²) in [4.78, 5) is 0. The highest BCUT2D eigenvalue weighted by atomic mass is 16.5. The fourth-order valence-electron chi connectivity index (χ4n) is 2.09. The molecular formula is C12H25NO. The van der Waals surface area contributed by atoms with E-state index in [9.17, 15) is 0 Å². The predicted octanol–water partition coefficient (Wildman–Crippen LogP) is 2.58. The molecule has 0 saturated heterocycles. The first-order valence-electron chi connectivity index (χ1n) is 5.79. The Bertz CT molecular complexity index is 162. The van der Waals surface area contributed by atoms with Crippen LogP contribution in [0.15, 0.2) is 0 Å². The number of rotatable bonds is 3. The molecule has 0 spiro atoms. The molecule has 2 atom stereocenters. The van der Waals surface area contributed by atoms with Crippen LogP contribution in [-0.4, -0.2) is 25.3 Å². The highest BCUT2D eigenvalue weighted by Gasteiger charge is 2.22. The monoisotopic (exact) mass is 199 g/mol. The number of ether oxygens (including phenoxy) is 1. The highest BCUT2D eigenvalue weighted by Crippen LogP contribution is 2.25. The van der Waals surface area contributed by atoms with Gasteiger partial charge in [0.1, 0.15) is 0 Å². The van der Waals surface area contributed by atoms with Gasteiger partial charge in [0.2, 0.25) is 0 Å². The minimum atomic E-state index is 0.250. The van der Waals surface area contributed by atoms with Crippen molar-refractivity contribution < 1.29 is 4.74 Å². The third-order valence-corrected chi connectivity index (χ3v) is 2.99. The number of nitrogens with one attached hydrogen (secondary N) is 1. The quantitative estimate of drug-likeness (QED) is 0.754. The largest absolute Gasteiger partial charge is 0.381 e. The van der Waals surface area contributed by atoms with Crippen LogP contribution in [0.25, 0.3) is 0 Å². The number of methoxy groups -OCH3 is 1. The van der Waals surface area contributed by atoms with Crippen LogP contribution in [0.3, 0.4) is 0 Å². The van der Waals surface area contributed by atoms with E-state index in [1.807, 2.05) is 7.11 Å². The van der Waals surface area contributed by atoms with Crippen molar-refractivity contribution >= 4 is 0 Å². The zero-order valence-corrected chi connectivity index (χ0v) is 10.1. The Morgan fingerprint density at radius 1 is 1.29 bits per heavy atom. The van der Waals surface area contributed by atoms with Gasteiger partial charge in [-0.15, -0.1) is 0 Å². The molecule has 0 aromatic rings. The summed E-state index contributed by atoms with van der Waals surface area (Å²) in [5.41, 5.74) is 0.250. The molecule has 0 amide bonds. The molecule has 0 radical (unpaired) electrons. The van der Waals surface area contributed by atoms with Gasteiger partial charge in [0.05, 0.1) is 6.10 Å². The summed E-state index contributed by atoms with van der Waals surface area (Å²) in [6, 6.07) is 0. The lowest BCUT2D eigenvalue weighted by Gasteiger charge is -2.31. The third kappa shape index (κ3) is 4.43. The molecule has 2 heteroatoms. The van der Waals surface area contributed by atoms with Gasteiger partial charge in [-0.3, -0.25) is 0 Å². The van der Waals surface area contributed by atoms with E-state index in [0.29, 0.717) is 6.10 Å². The lowest BCUT2D eigenvalue weighted by atomic mass is 9.86. The number of hydrogen-bond acceptors (Lipinski definition) is 2. The first kappa shape index (κ1) is 12.0. The normalized spacial score (nSPS) is 29.1. The van der Waals surface area contributed by atoms with Crippen molar-refractivity contribution in [3.8, 4) is 0 Å². The van der Waals surface area contributed by atoms with Gasteiger partial charge in [0.15, 0.2) is 0 Å². The smallest absolute Gasteiger partial charge is 0.0574 e. The minimum absolute atomic E-state index is 0.250. The molecule has 2 unspecified atom stereocenters. The van der Waals surface area contributed by atoms with E-state index in [1.165, 1.54) is 25.7 Å². The predicted molar refractivity (Wildman–Crippen MR) is 60.5 cm³/mol. The molecule has 1 aliphatic carbocycles. The fourth-order valence-corrected chi connectivity index (χ4v) is 2.09. The molecule has 2 nitrogen and oxygen atoms in total. The standard InChI is InChI=1S/C12H25NO/c1-12(2,3)13-9-10-6-5-7-11(8-10)14-4/h10-11,13H,5-9H2,1-4H3. The van der Waals surface area contributed by atoms with Crippen LogP contribution < -0.4 is 5.32 Å². The van der Waals surface area contributed by atoms with Gasteiger partial charge in [-0.1, -0.05) is 6.42 Å². The van der Waals surface area contributed by atoms with E-state index in [-0.39, 0.29) is 5.54 Å². The van der Waals surface area contributed by atoms with Gasteiger partial charge in [-0.2, -0.15) is 0 Å². The minimum Gasteiger partial charge on any atom is -0.381 e. The summed E-state index contributed by atoms with van der Waals surface area (Å²) in [5.74, 6) is 0.813. The molecular weight excluding hydrogens is 174 g/mol. The molecule has 1 saturated carbocycles. The summed E-state index contributed by atoms with van der Waals surface area (Å²) in [5, 5.41) is 3.58. The molecule has 1 fully saturated rings. The summed E-state index contributed by atoms with van der Waals surface area (Å²) in [7, 11) is 1.84. The van der Waals surface area contributed by atoms with Crippen molar-refractivity contribution in [3.05, 3.63) is 0 Å². The van der Waals surface area contributed by atoms with Crippen LogP contribution in [0.2, 0.25) is 0 Å². The summed E-state index contributed by atoms with van der Waals surface area (Å²) in [6.07, 6.45) is 5.69. The second-order valence-corrected chi connectivity index (χ2v) is 5.52. The van der Waals surface area contributed by atoms with Gasteiger partial charge < -0.3 is 10.1 Å². The van der Waals surface area contributed by atoms with E-state index in [0.717, 1.165) is 12.5 Å². The Kier molecular flexibility index (Phi) is 4.39. The molecule has 1 aliphatic rings. The fraction of sp³-hybridized carbons (Fsp3) is 1.00. The summed E-state index contributed by atoms with van der Waals surface area (Å²) in [6.45, 7) is 7.82. The lowest BCUT2D eigenvalue weighted by molar-refractivity contribution is 0.0495. The third-order valence-electron chi connectivity index (χ3n) is 2.99. The molecule has 0 aliphatic heterocycles. The van der Waals surface area contributed by atoms with Crippen molar-refractivity contribution in [1.29, 1.82) is 0 Å². The Morgan fingerprint density at radius 3 is 2.57 bits per heavy atom. The lowest BCUT2D eigenvalue weighted by Crippen LogP contribution is -2.40. The molecule has 0 bridgehead atoms. The van der Waals surface area contributed by atoms with Gasteiger partial charge in [-0.05, 0) is 52.5 Å². The zero-order valence-electron chi connectivity index (χ0n) is 10.1. The maximum absolute atomic E-state index is 5.43. The van der Waals surface area contributed by atoms with E-state index in [2.05, 4.69) is 26.1 Å². The number of hydrogen-bond donors (Lipinski definition) is 1. The van der Waals surface area contributed by atoms with Gasteiger partial charge in [0.25, 0.3) is 0 Å². The van der Waals surface area contributed by atoms with Crippen LogP contribution in [-0.2, 0) is 4.74 Å². The molecule has 0 aromatic carbocycles. The van der Waals surface area contributed by atoms with Crippen LogP contribution in [0.1, 0.15) is 46.5 Å². The molecule has 0 aromatic heterocycles. The second-order valence-electron chi connectivity index (χ2n) is 5.52. The summed E-state index contributed by atoms with van der Waals surface area (Å²) >= 11 is 0. The van der Waals surface area contributed by atoms with Crippen molar-refractivity contribution in [1.82, 2.24) is 5.32 Å². The zero-order chi connectivity index (χ0) is 10.6. The topological polar surface area (TPSA) is 21.3 Å². The van der Waals surface area contributed by atoms with Crippen molar-refractivity contribution in [3.63, 3.8) is 0 Å². The Balaban J connectivity index is 2.24. The first-order valence-corrected chi connectivity index (χ1v) is 5.79. The average molecular weight is 199 g/mol.